The molecule has 1 aromatic carbocycles. The summed E-state index contributed by atoms with van der Waals surface area (Å²) >= 11 is 5.95. The number of furan rings is 1. The fourth-order valence-corrected chi connectivity index (χ4v) is 1.53. The highest BCUT2D eigenvalue weighted by atomic mass is 35.5. The molecule has 0 fully saturated rings. The van der Waals surface area contributed by atoms with Crippen molar-refractivity contribution < 1.29 is 4.42 Å². The van der Waals surface area contributed by atoms with Crippen LogP contribution in [0.15, 0.2) is 41.2 Å². The standard InChI is InChI=1S/C11H10ClNO/c12-11-2-1-8(5-10(11)6-13)9-3-4-14-7-9/h1-5,7H,6,13H2. The van der Waals surface area contributed by atoms with Crippen LogP contribution >= 0.6 is 11.6 Å². The Morgan fingerprint density at radius 3 is 2.71 bits per heavy atom. The summed E-state index contributed by atoms with van der Waals surface area (Å²) in [5.41, 5.74) is 8.63. The van der Waals surface area contributed by atoms with Crippen molar-refractivity contribution in [2.24, 2.45) is 5.73 Å². The third-order valence-electron chi connectivity index (χ3n) is 2.12. The predicted molar refractivity (Wildman–Crippen MR) is 57.0 cm³/mol. The second-order valence-electron chi connectivity index (χ2n) is 3.02. The molecule has 1 heterocycles. The van der Waals surface area contributed by atoms with Crippen LogP contribution in [-0.4, -0.2) is 0 Å². The summed E-state index contributed by atoms with van der Waals surface area (Å²) in [4.78, 5) is 0. The summed E-state index contributed by atoms with van der Waals surface area (Å²) < 4.78 is 5.01. The lowest BCUT2D eigenvalue weighted by Crippen LogP contribution is -1.97. The first-order chi connectivity index (χ1) is 6.81. The number of hydrogen-bond donors (Lipinski definition) is 1. The first-order valence-corrected chi connectivity index (χ1v) is 4.70. The van der Waals surface area contributed by atoms with Crippen molar-refractivity contribution in [3.63, 3.8) is 0 Å². The minimum Gasteiger partial charge on any atom is -0.472 e. The number of rotatable bonds is 2. The maximum Gasteiger partial charge on any atom is 0.0980 e. The average Bonchev–Trinajstić information content (AvgIpc) is 2.71. The van der Waals surface area contributed by atoms with Gasteiger partial charge in [0.15, 0.2) is 0 Å². The van der Waals surface area contributed by atoms with Crippen LogP contribution in [0.2, 0.25) is 5.02 Å². The van der Waals surface area contributed by atoms with E-state index in [2.05, 4.69) is 0 Å². The van der Waals surface area contributed by atoms with Crippen molar-refractivity contribution in [1.29, 1.82) is 0 Å². The van der Waals surface area contributed by atoms with Gasteiger partial charge in [-0.05, 0) is 29.3 Å². The van der Waals surface area contributed by atoms with Gasteiger partial charge in [-0.1, -0.05) is 17.7 Å². The van der Waals surface area contributed by atoms with E-state index < -0.39 is 0 Å². The summed E-state index contributed by atoms with van der Waals surface area (Å²) in [5, 5.41) is 0.708. The number of benzene rings is 1. The van der Waals surface area contributed by atoms with Crippen LogP contribution in [0.25, 0.3) is 11.1 Å². The van der Waals surface area contributed by atoms with E-state index in [1.807, 2.05) is 24.3 Å². The number of hydrogen-bond acceptors (Lipinski definition) is 2. The lowest BCUT2D eigenvalue weighted by Gasteiger charge is -2.03. The van der Waals surface area contributed by atoms with E-state index in [4.69, 9.17) is 21.8 Å². The number of nitrogens with two attached hydrogens (primary N) is 1. The van der Waals surface area contributed by atoms with Crippen LogP contribution in [-0.2, 0) is 6.54 Å². The SMILES string of the molecule is NCc1cc(-c2ccoc2)ccc1Cl. The molecule has 0 saturated heterocycles. The molecule has 0 unspecified atom stereocenters. The molecule has 0 amide bonds. The fourth-order valence-electron chi connectivity index (χ4n) is 1.34. The molecular weight excluding hydrogens is 198 g/mol. The Hall–Kier alpha value is -1.25. The van der Waals surface area contributed by atoms with Crippen LogP contribution in [0.5, 0.6) is 0 Å². The van der Waals surface area contributed by atoms with Gasteiger partial charge in [-0.15, -0.1) is 0 Å². The summed E-state index contributed by atoms with van der Waals surface area (Å²) in [6, 6.07) is 7.69. The monoisotopic (exact) mass is 207 g/mol. The Bertz CT molecular complexity index is 423. The van der Waals surface area contributed by atoms with Crippen molar-refractivity contribution in [2.45, 2.75) is 6.54 Å². The van der Waals surface area contributed by atoms with Crippen molar-refractivity contribution in [2.75, 3.05) is 0 Å². The Labute approximate surface area is 87.3 Å². The largest absolute Gasteiger partial charge is 0.472 e. The quantitative estimate of drug-likeness (QED) is 0.822. The Morgan fingerprint density at radius 1 is 1.21 bits per heavy atom. The Balaban J connectivity index is 2.46. The molecule has 1 aromatic heterocycles. The molecule has 0 bridgehead atoms. The van der Waals surface area contributed by atoms with Crippen molar-refractivity contribution in [3.8, 4) is 11.1 Å². The second-order valence-corrected chi connectivity index (χ2v) is 3.43. The molecule has 14 heavy (non-hydrogen) atoms. The van der Waals surface area contributed by atoms with Crippen molar-refractivity contribution >= 4 is 11.6 Å². The molecule has 2 N–H and O–H groups in total. The van der Waals surface area contributed by atoms with Gasteiger partial charge in [-0.25, -0.2) is 0 Å². The van der Waals surface area contributed by atoms with Gasteiger partial charge in [-0.2, -0.15) is 0 Å². The van der Waals surface area contributed by atoms with E-state index in [0.29, 0.717) is 11.6 Å². The van der Waals surface area contributed by atoms with Crippen LogP contribution in [0, 0.1) is 0 Å². The highest BCUT2D eigenvalue weighted by Crippen LogP contribution is 2.25. The van der Waals surface area contributed by atoms with E-state index >= 15 is 0 Å². The summed E-state index contributed by atoms with van der Waals surface area (Å²) in [6.07, 6.45) is 3.34. The van der Waals surface area contributed by atoms with Gasteiger partial charge in [0.1, 0.15) is 0 Å². The molecular formula is C11H10ClNO. The normalized spacial score (nSPS) is 10.4. The Kier molecular flexibility index (Phi) is 2.57. The molecule has 2 nitrogen and oxygen atoms in total. The third-order valence-corrected chi connectivity index (χ3v) is 2.49. The maximum atomic E-state index is 5.95. The fraction of sp³-hybridized carbons (Fsp3) is 0.0909. The highest BCUT2D eigenvalue weighted by molar-refractivity contribution is 6.31. The van der Waals surface area contributed by atoms with Crippen molar-refractivity contribution in [3.05, 3.63) is 47.4 Å². The van der Waals surface area contributed by atoms with Gasteiger partial charge in [0.25, 0.3) is 0 Å². The summed E-state index contributed by atoms with van der Waals surface area (Å²) in [7, 11) is 0. The van der Waals surface area contributed by atoms with E-state index in [-0.39, 0.29) is 0 Å². The van der Waals surface area contributed by atoms with Gasteiger partial charge < -0.3 is 10.2 Å². The third kappa shape index (κ3) is 1.67. The van der Waals surface area contributed by atoms with Crippen LogP contribution in [0.3, 0.4) is 0 Å². The van der Waals surface area contributed by atoms with Crippen LogP contribution in [0.4, 0.5) is 0 Å². The van der Waals surface area contributed by atoms with Crippen molar-refractivity contribution in [1.82, 2.24) is 0 Å². The highest BCUT2D eigenvalue weighted by Gasteiger charge is 2.03. The zero-order valence-corrected chi connectivity index (χ0v) is 8.29. The molecule has 0 saturated carbocycles. The first-order valence-electron chi connectivity index (χ1n) is 4.32. The van der Waals surface area contributed by atoms with E-state index in [1.54, 1.807) is 12.5 Å². The zero-order valence-electron chi connectivity index (χ0n) is 7.53. The second kappa shape index (κ2) is 3.86. The molecule has 0 aliphatic rings. The van der Waals surface area contributed by atoms with Gasteiger partial charge in [0.2, 0.25) is 0 Å². The molecule has 2 rings (SSSR count). The summed E-state index contributed by atoms with van der Waals surface area (Å²) in [5.74, 6) is 0. The molecule has 2 aromatic rings. The molecule has 0 spiro atoms. The van der Waals surface area contributed by atoms with Gasteiger partial charge in [0.05, 0.1) is 12.5 Å². The van der Waals surface area contributed by atoms with Gasteiger partial charge in [0, 0.05) is 17.1 Å². The predicted octanol–water partition coefficient (Wildman–Crippen LogP) is 3.06. The average molecular weight is 208 g/mol. The maximum absolute atomic E-state index is 5.95. The van der Waals surface area contributed by atoms with E-state index in [1.165, 1.54) is 0 Å². The lowest BCUT2D eigenvalue weighted by atomic mass is 10.1. The molecule has 3 heteroatoms. The minimum absolute atomic E-state index is 0.449. The number of halogens is 1. The first kappa shape index (κ1) is 9.31. The minimum atomic E-state index is 0.449. The van der Waals surface area contributed by atoms with Crippen LogP contribution < -0.4 is 5.73 Å². The van der Waals surface area contributed by atoms with Gasteiger partial charge >= 0.3 is 0 Å². The topological polar surface area (TPSA) is 39.2 Å². The summed E-state index contributed by atoms with van der Waals surface area (Å²) in [6.45, 7) is 0.449. The molecule has 0 aliphatic carbocycles. The zero-order chi connectivity index (χ0) is 9.97. The smallest absolute Gasteiger partial charge is 0.0980 e. The Morgan fingerprint density at radius 2 is 2.07 bits per heavy atom. The molecule has 72 valence electrons. The molecule has 0 aliphatic heterocycles. The van der Waals surface area contributed by atoms with E-state index in [9.17, 15) is 0 Å². The lowest BCUT2D eigenvalue weighted by molar-refractivity contribution is 0.568. The van der Waals surface area contributed by atoms with E-state index in [0.717, 1.165) is 16.7 Å². The molecule has 0 radical (unpaired) electrons. The van der Waals surface area contributed by atoms with Crippen LogP contribution in [0.1, 0.15) is 5.56 Å². The van der Waals surface area contributed by atoms with Gasteiger partial charge in [-0.3, -0.25) is 0 Å². The molecule has 0 atom stereocenters.